The van der Waals surface area contributed by atoms with Gasteiger partial charge >= 0.3 is 0 Å². The Hall–Kier alpha value is -1.05. The van der Waals surface area contributed by atoms with Crippen LogP contribution in [0.2, 0.25) is 0 Å². The molecule has 0 aromatic carbocycles. The zero-order valence-corrected chi connectivity index (χ0v) is 12.8. The second-order valence-electron chi connectivity index (χ2n) is 7.85. The van der Waals surface area contributed by atoms with E-state index in [0.29, 0.717) is 12.2 Å². The van der Waals surface area contributed by atoms with Gasteiger partial charge in [0.25, 0.3) is 0 Å². The zero-order valence-electron chi connectivity index (χ0n) is 12.8. The SMILES string of the molecule is Cc1cc2c(n1C(C)(C)C1CC1)CC(C)(C)CC2=O. The maximum atomic E-state index is 12.4. The van der Waals surface area contributed by atoms with Crippen molar-refractivity contribution in [2.24, 2.45) is 11.3 Å². The number of aryl methyl sites for hydroxylation is 1. The van der Waals surface area contributed by atoms with Crippen LogP contribution < -0.4 is 0 Å². The van der Waals surface area contributed by atoms with Crippen molar-refractivity contribution in [2.45, 2.75) is 65.8 Å². The quantitative estimate of drug-likeness (QED) is 0.784. The molecule has 0 bridgehead atoms. The number of nitrogens with zero attached hydrogens (tertiary/aromatic N) is 1. The monoisotopic (exact) mass is 259 g/mol. The van der Waals surface area contributed by atoms with E-state index in [0.717, 1.165) is 17.9 Å². The molecule has 1 aromatic rings. The van der Waals surface area contributed by atoms with Gasteiger partial charge in [0.2, 0.25) is 0 Å². The average Bonchev–Trinajstić information content (AvgIpc) is 3.02. The molecular weight excluding hydrogens is 234 g/mol. The molecule has 1 saturated carbocycles. The first-order chi connectivity index (χ1) is 8.72. The summed E-state index contributed by atoms with van der Waals surface area (Å²) in [5.41, 5.74) is 3.80. The highest BCUT2D eigenvalue weighted by molar-refractivity contribution is 5.99. The fourth-order valence-electron chi connectivity index (χ4n) is 3.93. The second kappa shape index (κ2) is 3.74. The number of carbonyl (C=O) groups excluding carboxylic acids is 1. The third-order valence-electron chi connectivity index (χ3n) is 5.03. The summed E-state index contributed by atoms with van der Waals surface area (Å²) in [6, 6.07) is 2.12. The predicted molar refractivity (Wildman–Crippen MR) is 77.6 cm³/mol. The highest BCUT2D eigenvalue weighted by Crippen LogP contribution is 2.47. The maximum Gasteiger partial charge on any atom is 0.165 e. The minimum absolute atomic E-state index is 0.103. The molecule has 0 amide bonds. The lowest BCUT2D eigenvalue weighted by atomic mass is 9.76. The van der Waals surface area contributed by atoms with Crippen molar-refractivity contribution in [3.05, 3.63) is 23.0 Å². The molecule has 104 valence electrons. The van der Waals surface area contributed by atoms with Gasteiger partial charge in [0.1, 0.15) is 0 Å². The summed E-state index contributed by atoms with van der Waals surface area (Å²) in [7, 11) is 0. The summed E-state index contributed by atoms with van der Waals surface area (Å²) in [6.07, 6.45) is 4.37. The number of fused-ring (bicyclic) bond motifs is 1. The number of hydrogen-bond donors (Lipinski definition) is 0. The number of rotatable bonds is 2. The van der Waals surface area contributed by atoms with Crippen LogP contribution in [0.5, 0.6) is 0 Å². The van der Waals surface area contributed by atoms with Crippen LogP contribution in [0.25, 0.3) is 0 Å². The van der Waals surface area contributed by atoms with E-state index < -0.39 is 0 Å². The van der Waals surface area contributed by atoms with Crippen LogP contribution in [-0.2, 0) is 12.0 Å². The first-order valence-electron chi connectivity index (χ1n) is 7.47. The largest absolute Gasteiger partial charge is 0.342 e. The van der Waals surface area contributed by atoms with E-state index in [1.54, 1.807) is 0 Å². The summed E-state index contributed by atoms with van der Waals surface area (Å²) in [5.74, 6) is 1.11. The Morgan fingerprint density at radius 3 is 2.47 bits per heavy atom. The van der Waals surface area contributed by atoms with Crippen LogP contribution in [0.15, 0.2) is 6.07 Å². The van der Waals surface area contributed by atoms with Crippen LogP contribution in [-0.4, -0.2) is 10.4 Å². The highest BCUT2D eigenvalue weighted by atomic mass is 16.1. The molecule has 2 nitrogen and oxygen atoms in total. The summed E-state index contributed by atoms with van der Waals surface area (Å²) in [5, 5.41) is 0. The fraction of sp³-hybridized carbons (Fsp3) is 0.706. The highest BCUT2D eigenvalue weighted by Gasteiger charge is 2.43. The molecular formula is C17H25NO. The van der Waals surface area contributed by atoms with Crippen molar-refractivity contribution in [3.63, 3.8) is 0 Å². The summed E-state index contributed by atoms with van der Waals surface area (Å²) < 4.78 is 2.47. The Labute approximate surface area is 116 Å². The molecule has 2 heteroatoms. The third kappa shape index (κ3) is 1.96. The standard InChI is InChI=1S/C17H25NO/c1-11-8-13-14(9-16(2,3)10-15(13)19)18(11)17(4,5)12-6-7-12/h8,12H,6-7,9-10H2,1-5H3. The van der Waals surface area contributed by atoms with Gasteiger partial charge in [-0.05, 0) is 57.4 Å². The van der Waals surface area contributed by atoms with E-state index in [-0.39, 0.29) is 11.0 Å². The van der Waals surface area contributed by atoms with Gasteiger partial charge in [-0.1, -0.05) is 13.8 Å². The van der Waals surface area contributed by atoms with Crippen molar-refractivity contribution >= 4 is 5.78 Å². The minimum Gasteiger partial charge on any atom is -0.342 e. The third-order valence-corrected chi connectivity index (χ3v) is 5.03. The van der Waals surface area contributed by atoms with Gasteiger partial charge in [-0.15, -0.1) is 0 Å². The molecule has 0 unspecified atom stereocenters. The number of aromatic nitrogens is 1. The van der Waals surface area contributed by atoms with Gasteiger partial charge < -0.3 is 4.57 Å². The fourth-order valence-corrected chi connectivity index (χ4v) is 3.93. The molecule has 0 N–H and O–H groups in total. The lowest BCUT2D eigenvalue weighted by Gasteiger charge is -2.36. The first-order valence-corrected chi connectivity index (χ1v) is 7.47. The van der Waals surface area contributed by atoms with Crippen molar-refractivity contribution < 1.29 is 4.79 Å². The van der Waals surface area contributed by atoms with E-state index in [1.165, 1.54) is 24.2 Å². The molecule has 1 heterocycles. The lowest BCUT2D eigenvalue weighted by Crippen LogP contribution is -2.35. The Kier molecular flexibility index (Phi) is 2.55. The molecule has 2 aliphatic rings. The average molecular weight is 259 g/mol. The Balaban J connectivity index is 2.14. The van der Waals surface area contributed by atoms with Crippen LogP contribution in [0, 0.1) is 18.3 Å². The normalized spacial score (nSPS) is 22.5. The topological polar surface area (TPSA) is 22.0 Å². The molecule has 0 radical (unpaired) electrons. The minimum atomic E-state index is 0.103. The smallest absolute Gasteiger partial charge is 0.165 e. The summed E-state index contributed by atoms with van der Waals surface area (Å²) in [4.78, 5) is 12.4. The van der Waals surface area contributed by atoms with Crippen LogP contribution in [0.1, 0.15) is 68.7 Å². The van der Waals surface area contributed by atoms with Gasteiger partial charge in [-0.2, -0.15) is 0 Å². The van der Waals surface area contributed by atoms with Crippen molar-refractivity contribution in [1.82, 2.24) is 4.57 Å². The number of Topliss-reactive ketones (excluding diaryl/α,β-unsaturated/α-hetero) is 1. The van der Waals surface area contributed by atoms with E-state index in [2.05, 4.69) is 45.3 Å². The Morgan fingerprint density at radius 1 is 1.26 bits per heavy atom. The van der Waals surface area contributed by atoms with Crippen LogP contribution >= 0.6 is 0 Å². The Morgan fingerprint density at radius 2 is 1.89 bits per heavy atom. The Bertz CT molecular complexity index is 544. The maximum absolute atomic E-state index is 12.4. The predicted octanol–water partition coefficient (Wildman–Crippen LogP) is 4.10. The van der Waals surface area contributed by atoms with E-state index in [4.69, 9.17) is 0 Å². The molecule has 3 rings (SSSR count). The second-order valence-corrected chi connectivity index (χ2v) is 7.85. The van der Waals surface area contributed by atoms with Gasteiger partial charge in [0.05, 0.1) is 0 Å². The molecule has 19 heavy (non-hydrogen) atoms. The van der Waals surface area contributed by atoms with E-state index in [1.807, 2.05) is 0 Å². The molecule has 1 fully saturated rings. The van der Waals surface area contributed by atoms with Crippen molar-refractivity contribution in [3.8, 4) is 0 Å². The van der Waals surface area contributed by atoms with Crippen LogP contribution in [0.4, 0.5) is 0 Å². The first kappa shape index (κ1) is 13.0. The molecule has 0 saturated heterocycles. The number of carbonyl (C=O) groups is 1. The molecule has 1 aromatic heterocycles. The molecule has 0 spiro atoms. The van der Waals surface area contributed by atoms with Crippen LogP contribution in [0.3, 0.4) is 0 Å². The molecule has 0 aliphatic heterocycles. The number of hydrogen-bond acceptors (Lipinski definition) is 1. The molecule has 2 aliphatic carbocycles. The van der Waals surface area contributed by atoms with E-state index >= 15 is 0 Å². The zero-order chi connectivity index (χ0) is 14.0. The van der Waals surface area contributed by atoms with Gasteiger partial charge in [0.15, 0.2) is 5.78 Å². The van der Waals surface area contributed by atoms with Gasteiger partial charge in [-0.3, -0.25) is 4.79 Å². The van der Waals surface area contributed by atoms with Gasteiger partial charge in [-0.25, -0.2) is 0 Å². The summed E-state index contributed by atoms with van der Waals surface area (Å²) >= 11 is 0. The lowest BCUT2D eigenvalue weighted by molar-refractivity contribution is 0.0907. The van der Waals surface area contributed by atoms with E-state index in [9.17, 15) is 4.79 Å². The van der Waals surface area contributed by atoms with Crippen molar-refractivity contribution in [1.29, 1.82) is 0 Å². The van der Waals surface area contributed by atoms with Crippen molar-refractivity contribution in [2.75, 3.05) is 0 Å². The molecule has 0 atom stereocenters. The number of ketones is 1. The van der Waals surface area contributed by atoms with Gasteiger partial charge in [0, 0.05) is 28.9 Å². The summed E-state index contributed by atoms with van der Waals surface area (Å²) in [6.45, 7) is 11.3.